The molecule has 0 aliphatic heterocycles. The molecule has 1 aliphatic carbocycles. The molecule has 3 aromatic carbocycles. The number of benzene rings is 3. The number of fused-ring (bicyclic) bond motifs is 11. The van der Waals surface area contributed by atoms with Crippen LogP contribution in [0.3, 0.4) is 0 Å². The number of nitrogens with zero attached hydrogens (tertiary/aromatic N) is 2. The number of hydrogen-bond acceptors (Lipinski definition) is 5. The Bertz CT molecular complexity index is 1920. The number of furan rings is 3. The molecule has 164 valence electrons. The zero-order chi connectivity index (χ0) is 22.9. The summed E-state index contributed by atoms with van der Waals surface area (Å²) in [5, 5.41) is 2.12. The molecule has 0 amide bonds. The van der Waals surface area contributed by atoms with Gasteiger partial charge in [-0.25, -0.2) is 9.97 Å². The van der Waals surface area contributed by atoms with Crippen LogP contribution in [0.5, 0.6) is 0 Å². The summed E-state index contributed by atoms with van der Waals surface area (Å²) in [6.45, 7) is 0. The lowest BCUT2D eigenvalue weighted by molar-refractivity contribution is 0.571. The van der Waals surface area contributed by atoms with Gasteiger partial charge in [-0.2, -0.15) is 0 Å². The van der Waals surface area contributed by atoms with E-state index in [1.165, 1.54) is 0 Å². The van der Waals surface area contributed by atoms with Crippen molar-refractivity contribution in [2.45, 2.75) is 0 Å². The van der Waals surface area contributed by atoms with Crippen LogP contribution in [0, 0.1) is 0 Å². The SMILES string of the molecule is c1ccc2c(c1)-c1ccoc1-c1ccoc1-c1cnc(-c3cccc4c3oc3ccccc34)nc1-2. The van der Waals surface area contributed by atoms with Crippen molar-refractivity contribution >= 4 is 21.9 Å². The molecule has 0 fully saturated rings. The molecule has 5 nitrogen and oxygen atoms in total. The maximum absolute atomic E-state index is 6.27. The van der Waals surface area contributed by atoms with Gasteiger partial charge >= 0.3 is 0 Å². The summed E-state index contributed by atoms with van der Waals surface area (Å²) in [6.07, 6.45) is 5.24. The molecule has 0 saturated heterocycles. The molecule has 4 aromatic heterocycles. The average molecular weight is 452 g/mol. The third-order valence-corrected chi connectivity index (χ3v) is 6.73. The Labute approximate surface area is 199 Å². The van der Waals surface area contributed by atoms with Gasteiger partial charge in [0, 0.05) is 28.1 Å². The van der Waals surface area contributed by atoms with Crippen molar-refractivity contribution < 1.29 is 13.3 Å². The predicted octanol–water partition coefficient (Wildman–Crippen LogP) is 8.21. The number of rotatable bonds is 1. The average Bonchev–Trinajstić information content (AvgIpc) is 3.65. The minimum Gasteiger partial charge on any atom is -0.464 e. The first kappa shape index (κ1) is 18.5. The van der Waals surface area contributed by atoms with Crippen molar-refractivity contribution in [3.05, 3.63) is 97.6 Å². The first-order valence-electron chi connectivity index (χ1n) is 11.4. The molecular formula is C30H16N2O3. The first-order chi connectivity index (χ1) is 17.4. The lowest BCUT2D eigenvalue weighted by Crippen LogP contribution is -1.99. The van der Waals surface area contributed by atoms with E-state index in [1.807, 2.05) is 60.8 Å². The summed E-state index contributed by atoms with van der Waals surface area (Å²) in [7, 11) is 0. The van der Waals surface area contributed by atoms with E-state index >= 15 is 0 Å². The Morgan fingerprint density at radius 3 is 2.17 bits per heavy atom. The second kappa shape index (κ2) is 6.81. The highest BCUT2D eigenvalue weighted by molar-refractivity contribution is 6.09. The standard InChI is InChI=1S/C30H16N2O3/c1-2-8-19-17(6-1)21-12-14-33-27(21)22-13-15-34-28(22)24-16-31-30(32-26(19)24)23-10-5-9-20-18-7-3-4-11-25(18)35-29(20)23/h1-16H. The van der Waals surface area contributed by atoms with E-state index in [2.05, 4.69) is 24.3 Å². The quantitative estimate of drug-likeness (QED) is 0.251. The maximum Gasteiger partial charge on any atom is 0.163 e. The van der Waals surface area contributed by atoms with Crippen LogP contribution in [-0.2, 0) is 0 Å². The van der Waals surface area contributed by atoms with E-state index in [-0.39, 0.29) is 0 Å². The first-order valence-corrected chi connectivity index (χ1v) is 11.4. The second-order valence-corrected chi connectivity index (χ2v) is 8.61. The number of para-hydroxylation sites is 2. The molecule has 0 N–H and O–H groups in total. The van der Waals surface area contributed by atoms with Gasteiger partial charge in [0.15, 0.2) is 5.82 Å². The van der Waals surface area contributed by atoms with Gasteiger partial charge in [-0.3, -0.25) is 0 Å². The molecule has 0 radical (unpaired) electrons. The minimum atomic E-state index is 0.601. The summed E-state index contributed by atoms with van der Waals surface area (Å²) < 4.78 is 18.1. The van der Waals surface area contributed by atoms with E-state index in [1.54, 1.807) is 12.5 Å². The van der Waals surface area contributed by atoms with Gasteiger partial charge in [0.2, 0.25) is 0 Å². The molecule has 1 aliphatic rings. The fourth-order valence-electron chi connectivity index (χ4n) is 5.16. The Morgan fingerprint density at radius 1 is 0.543 bits per heavy atom. The van der Waals surface area contributed by atoms with Crippen LogP contribution in [0.2, 0.25) is 0 Å². The number of hydrogen-bond donors (Lipinski definition) is 0. The van der Waals surface area contributed by atoms with Crippen molar-refractivity contribution in [3.63, 3.8) is 0 Å². The van der Waals surface area contributed by atoms with E-state index in [4.69, 9.17) is 23.2 Å². The topological polar surface area (TPSA) is 65.2 Å². The molecule has 0 bridgehead atoms. The predicted molar refractivity (Wildman–Crippen MR) is 135 cm³/mol. The molecular weight excluding hydrogens is 436 g/mol. The van der Waals surface area contributed by atoms with Gasteiger partial charge in [0.05, 0.1) is 34.9 Å². The molecule has 7 aromatic rings. The zero-order valence-corrected chi connectivity index (χ0v) is 18.4. The molecule has 4 heterocycles. The van der Waals surface area contributed by atoms with Gasteiger partial charge in [0.25, 0.3) is 0 Å². The lowest BCUT2D eigenvalue weighted by Gasteiger charge is -2.17. The molecule has 0 saturated carbocycles. The van der Waals surface area contributed by atoms with Crippen LogP contribution in [0.4, 0.5) is 0 Å². The molecule has 35 heavy (non-hydrogen) atoms. The maximum atomic E-state index is 6.27. The van der Waals surface area contributed by atoms with Crippen molar-refractivity contribution in [1.82, 2.24) is 9.97 Å². The molecule has 5 heteroatoms. The Kier molecular flexibility index (Phi) is 3.60. The van der Waals surface area contributed by atoms with Crippen LogP contribution in [0.25, 0.3) is 78.4 Å². The summed E-state index contributed by atoms with van der Waals surface area (Å²) in [5.74, 6) is 2.08. The third-order valence-electron chi connectivity index (χ3n) is 6.73. The van der Waals surface area contributed by atoms with Crippen LogP contribution in [0.15, 0.2) is 111 Å². The molecule has 8 rings (SSSR count). The monoisotopic (exact) mass is 452 g/mol. The second-order valence-electron chi connectivity index (χ2n) is 8.61. The van der Waals surface area contributed by atoms with Gasteiger partial charge in [-0.1, -0.05) is 54.6 Å². The van der Waals surface area contributed by atoms with E-state index in [0.29, 0.717) is 11.6 Å². The highest BCUT2D eigenvalue weighted by Gasteiger charge is 2.28. The summed E-state index contributed by atoms with van der Waals surface area (Å²) in [4.78, 5) is 9.91. The fraction of sp³-hybridized carbons (Fsp3) is 0. The summed E-state index contributed by atoms with van der Waals surface area (Å²) >= 11 is 0. The van der Waals surface area contributed by atoms with Gasteiger partial charge < -0.3 is 13.3 Å². The smallest absolute Gasteiger partial charge is 0.163 e. The van der Waals surface area contributed by atoms with Gasteiger partial charge in [0.1, 0.15) is 22.7 Å². The van der Waals surface area contributed by atoms with Gasteiger partial charge in [-0.15, -0.1) is 0 Å². The lowest BCUT2D eigenvalue weighted by atomic mass is 9.90. The van der Waals surface area contributed by atoms with Crippen LogP contribution in [0.1, 0.15) is 0 Å². The zero-order valence-electron chi connectivity index (χ0n) is 18.4. The van der Waals surface area contributed by atoms with Crippen LogP contribution >= 0.6 is 0 Å². The normalized spacial score (nSPS) is 12.0. The van der Waals surface area contributed by atoms with E-state index in [0.717, 1.165) is 66.8 Å². The number of aromatic nitrogens is 2. The van der Waals surface area contributed by atoms with Crippen molar-refractivity contribution in [1.29, 1.82) is 0 Å². The van der Waals surface area contributed by atoms with Crippen molar-refractivity contribution in [2.75, 3.05) is 0 Å². The summed E-state index contributed by atoms with van der Waals surface area (Å²) in [5.41, 5.74) is 8.04. The van der Waals surface area contributed by atoms with E-state index < -0.39 is 0 Å². The van der Waals surface area contributed by atoms with Crippen molar-refractivity contribution in [2.24, 2.45) is 0 Å². The highest BCUT2D eigenvalue weighted by Crippen LogP contribution is 2.48. The van der Waals surface area contributed by atoms with Gasteiger partial charge in [-0.05, 0) is 29.8 Å². The molecule has 0 atom stereocenters. The van der Waals surface area contributed by atoms with Crippen LogP contribution < -0.4 is 0 Å². The van der Waals surface area contributed by atoms with Crippen molar-refractivity contribution in [3.8, 4) is 56.4 Å². The Morgan fingerprint density at radius 2 is 1.26 bits per heavy atom. The largest absolute Gasteiger partial charge is 0.464 e. The summed E-state index contributed by atoms with van der Waals surface area (Å²) in [6, 6.07) is 26.3. The third kappa shape index (κ3) is 2.52. The van der Waals surface area contributed by atoms with E-state index in [9.17, 15) is 0 Å². The Hall–Kier alpha value is -4.90. The molecule has 0 spiro atoms. The molecule has 0 unspecified atom stereocenters. The van der Waals surface area contributed by atoms with Crippen LogP contribution in [-0.4, -0.2) is 9.97 Å². The Balaban J connectivity index is 1.44. The fourth-order valence-corrected chi connectivity index (χ4v) is 5.16. The highest BCUT2D eigenvalue weighted by atomic mass is 16.3. The minimum absolute atomic E-state index is 0.601.